The number of hydrogen-bond acceptors (Lipinski definition) is 7. The van der Waals surface area contributed by atoms with Crippen LogP contribution in [-0.4, -0.2) is 66.5 Å². The lowest BCUT2D eigenvalue weighted by molar-refractivity contribution is -0.127. The molecule has 0 aromatic carbocycles. The maximum atomic E-state index is 12.3. The average molecular weight is 360 g/mol. The van der Waals surface area contributed by atoms with Crippen molar-refractivity contribution in [1.29, 1.82) is 0 Å². The van der Waals surface area contributed by atoms with E-state index in [1.165, 1.54) is 19.3 Å². The van der Waals surface area contributed by atoms with E-state index in [2.05, 4.69) is 25.4 Å². The zero-order valence-electron chi connectivity index (χ0n) is 15.4. The molecule has 3 aliphatic rings. The number of carbonyl (C=O) groups excluding carboxylic acids is 1. The van der Waals surface area contributed by atoms with Gasteiger partial charge in [0.05, 0.1) is 13.2 Å². The van der Waals surface area contributed by atoms with Gasteiger partial charge in [-0.25, -0.2) is 9.97 Å². The maximum Gasteiger partial charge on any atom is 0.225 e. The molecular formula is C18H28N6O2. The van der Waals surface area contributed by atoms with Crippen LogP contribution in [0.3, 0.4) is 0 Å². The molecule has 1 aromatic heterocycles. The topological polar surface area (TPSA) is 82.6 Å². The summed E-state index contributed by atoms with van der Waals surface area (Å²) in [5.41, 5.74) is 1.95. The molecular weight excluding hydrogens is 332 g/mol. The molecule has 0 spiro atoms. The molecule has 4 rings (SSSR count). The van der Waals surface area contributed by atoms with Crippen LogP contribution >= 0.6 is 0 Å². The Morgan fingerprint density at radius 3 is 2.65 bits per heavy atom. The Labute approximate surface area is 154 Å². The molecule has 4 heterocycles. The van der Waals surface area contributed by atoms with Gasteiger partial charge in [0.2, 0.25) is 11.9 Å². The summed E-state index contributed by atoms with van der Waals surface area (Å²) in [7, 11) is 0. The first-order valence-corrected chi connectivity index (χ1v) is 9.66. The summed E-state index contributed by atoms with van der Waals surface area (Å²) >= 11 is 0. The van der Waals surface area contributed by atoms with Crippen molar-refractivity contribution in [3.63, 3.8) is 0 Å². The van der Waals surface area contributed by atoms with Crippen LogP contribution in [0.2, 0.25) is 0 Å². The van der Waals surface area contributed by atoms with Crippen molar-refractivity contribution in [3.8, 4) is 0 Å². The highest BCUT2D eigenvalue weighted by atomic mass is 16.5. The van der Waals surface area contributed by atoms with Gasteiger partial charge in [0.15, 0.2) is 0 Å². The van der Waals surface area contributed by atoms with Crippen molar-refractivity contribution in [1.82, 2.24) is 25.5 Å². The van der Waals surface area contributed by atoms with Crippen molar-refractivity contribution in [2.75, 3.05) is 44.3 Å². The highest BCUT2D eigenvalue weighted by Gasteiger charge is 2.32. The lowest BCUT2D eigenvalue weighted by Gasteiger charge is -2.40. The Kier molecular flexibility index (Phi) is 5.33. The fraction of sp³-hybridized carbons (Fsp3) is 0.722. The second-order valence-electron chi connectivity index (χ2n) is 7.30. The largest absolute Gasteiger partial charge is 0.378 e. The smallest absolute Gasteiger partial charge is 0.225 e. The number of anilines is 1. The SMILES string of the molecule is Cc1nc(N2CCOCC2)ncc1C1CC(=O)NC(N2CCCCC2)N1. The lowest BCUT2D eigenvalue weighted by atomic mass is 10.0. The van der Waals surface area contributed by atoms with Crippen molar-refractivity contribution in [3.05, 3.63) is 17.5 Å². The Balaban J connectivity index is 1.49. The van der Waals surface area contributed by atoms with Crippen LogP contribution < -0.4 is 15.5 Å². The second-order valence-corrected chi connectivity index (χ2v) is 7.30. The number of piperidine rings is 1. The molecule has 2 unspecified atom stereocenters. The quantitative estimate of drug-likeness (QED) is 0.814. The highest BCUT2D eigenvalue weighted by Crippen LogP contribution is 2.25. The number of amides is 1. The monoisotopic (exact) mass is 360 g/mol. The van der Waals surface area contributed by atoms with E-state index in [0.717, 1.165) is 43.4 Å². The fourth-order valence-corrected chi connectivity index (χ4v) is 3.98. The Morgan fingerprint density at radius 1 is 1.15 bits per heavy atom. The fourth-order valence-electron chi connectivity index (χ4n) is 3.98. The Bertz CT molecular complexity index is 643. The molecule has 8 nitrogen and oxygen atoms in total. The van der Waals surface area contributed by atoms with Gasteiger partial charge in [-0.3, -0.25) is 15.0 Å². The summed E-state index contributed by atoms with van der Waals surface area (Å²) < 4.78 is 5.40. The Morgan fingerprint density at radius 2 is 1.92 bits per heavy atom. The average Bonchev–Trinajstić information content (AvgIpc) is 2.69. The van der Waals surface area contributed by atoms with Crippen LogP contribution in [0, 0.1) is 6.92 Å². The summed E-state index contributed by atoms with van der Waals surface area (Å²) in [6.07, 6.45) is 5.86. The van der Waals surface area contributed by atoms with Gasteiger partial charge in [0.1, 0.15) is 6.29 Å². The van der Waals surface area contributed by atoms with Gasteiger partial charge in [0, 0.05) is 56.1 Å². The van der Waals surface area contributed by atoms with Gasteiger partial charge in [-0.15, -0.1) is 0 Å². The first-order chi connectivity index (χ1) is 12.7. The molecule has 8 heteroatoms. The van der Waals surface area contributed by atoms with E-state index in [1.54, 1.807) is 0 Å². The van der Waals surface area contributed by atoms with E-state index in [1.807, 2.05) is 13.1 Å². The molecule has 0 bridgehead atoms. The third-order valence-corrected chi connectivity index (χ3v) is 5.48. The zero-order valence-corrected chi connectivity index (χ0v) is 15.4. The molecule has 0 aliphatic carbocycles. The molecule has 26 heavy (non-hydrogen) atoms. The van der Waals surface area contributed by atoms with E-state index >= 15 is 0 Å². The van der Waals surface area contributed by atoms with Crippen LogP contribution in [0.15, 0.2) is 6.20 Å². The summed E-state index contributed by atoms with van der Waals surface area (Å²) in [4.78, 5) is 26.0. The number of rotatable bonds is 3. The van der Waals surface area contributed by atoms with Crippen molar-refractivity contribution >= 4 is 11.9 Å². The van der Waals surface area contributed by atoms with Crippen LogP contribution in [0.1, 0.15) is 43.0 Å². The number of likely N-dealkylation sites (tertiary alicyclic amines) is 1. The maximum absolute atomic E-state index is 12.3. The third kappa shape index (κ3) is 3.82. The summed E-state index contributed by atoms with van der Waals surface area (Å²) in [5, 5.41) is 6.67. The van der Waals surface area contributed by atoms with E-state index in [-0.39, 0.29) is 18.2 Å². The number of aryl methyl sites for hydroxylation is 1. The molecule has 1 aromatic rings. The minimum Gasteiger partial charge on any atom is -0.378 e. The number of morpholine rings is 1. The summed E-state index contributed by atoms with van der Waals surface area (Å²) in [6, 6.07) is -0.0468. The number of nitrogens with one attached hydrogen (secondary N) is 2. The number of ether oxygens (including phenoxy) is 1. The van der Waals surface area contributed by atoms with Crippen molar-refractivity contribution in [2.24, 2.45) is 0 Å². The van der Waals surface area contributed by atoms with Gasteiger partial charge in [-0.1, -0.05) is 6.42 Å². The van der Waals surface area contributed by atoms with Crippen molar-refractivity contribution < 1.29 is 9.53 Å². The molecule has 1 amide bonds. The second kappa shape index (κ2) is 7.85. The van der Waals surface area contributed by atoms with Crippen LogP contribution in [0.4, 0.5) is 5.95 Å². The van der Waals surface area contributed by atoms with E-state index in [9.17, 15) is 4.79 Å². The molecule has 142 valence electrons. The number of carbonyl (C=O) groups is 1. The molecule has 3 aliphatic heterocycles. The van der Waals surface area contributed by atoms with Gasteiger partial charge >= 0.3 is 0 Å². The minimum absolute atomic E-state index is 0.0468. The third-order valence-electron chi connectivity index (χ3n) is 5.48. The predicted octanol–water partition coefficient (Wildman–Crippen LogP) is 0.542. The number of aromatic nitrogens is 2. The number of hydrogen-bond donors (Lipinski definition) is 2. The normalized spacial score (nSPS) is 28.0. The predicted molar refractivity (Wildman–Crippen MR) is 97.6 cm³/mol. The Hall–Kier alpha value is -1.77. The minimum atomic E-state index is -0.0973. The van der Waals surface area contributed by atoms with Crippen LogP contribution in [0.25, 0.3) is 0 Å². The molecule has 3 saturated heterocycles. The van der Waals surface area contributed by atoms with E-state index in [0.29, 0.717) is 19.6 Å². The van der Waals surface area contributed by atoms with Crippen molar-refractivity contribution in [2.45, 2.75) is 44.9 Å². The first-order valence-electron chi connectivity index (χ1n) is 9.66. The highest BCUT2D eigenvalue weighted by molar-refractivity contribution is 5.78. The summed E-state index contributed by atoms with van der Waals surface area (Å²) in [5.74, 6) is 0.836. The standard InChI is InChI=1S/C18H28N6O2/c1-13-14(12-19-17(20-13)24-7-9-26-10-8-24)15-11-16(25)22-18(21-15)23-5-3-2-4-6-23/h12,15,18,21H,2-11H2,1H3,(H,22,25). The van der Waals surface area contributed by atoms with Crippen LogP contribution in [0.5, 0.6) is 0 Å². The molecule has 0 radical (unpaired) electrons. The number of nitrogens with zero attached hydrogens (tertiary/aromatic N) is 4. The molecule has 2 atom stereocenters. The van der Waals surface area contributed by atoms with E-state index in [4.69, 9.17) is 9.72 Å². The van der Waals surface area contributed by atoms with Gasteiger partial charge < -0.3 is 15.0 Å². The first kappa shape index (κ1) is 17.6. The lowest BCUT2D eigenvalue weighted by Crippen LogP contribution is -2.62. The molecule has 0 saturated carbocycles. The molecule has 3 fully saturated rings. The van der Waals surface area contributed by atoms with Crippen LogP contribution in [-0.2, 0) is 9.53 Å². The van der Waals surface area contributed by atoms with Gasteiger partial charge in [0.25, 0.3) is 0 Å². The van der Waals surface area contributed by atoms with Gasteiger partial charge in [-0.2, -0.15) is 0 Å². The zero-order chi connectivity index (χ0) is 17.9. The molecule has 2 N–H and O–H groups in total. The van der Waals surface area contributed by atoms with Gasteiger partial charge in [-0.05, 0) is 19.8 Å². The van der Waals surface area contributed by atoms with E-state index < -0.39 is 0 Å². The summed E-state index contributed by atoms with van der Waals surface area (Å²) in [6.45, 7) is 7.12.